The van der Waals surface area contributed by atoms with Crippen molar-refractivity contribution in [1.82, 2.24) is 4.90 Å². The van der Waals surface area contributed by atoms with Gasteiger partial charge in [-0.25, -0.2) is 0 Å². The first-order chi connectivity index (χ1) is 8.17. The Labute approximate surface area is 116 Å². The maximum absolute atomic E-state index is 10.8. The van der Waals surface area contributed by atoms with Gasteiger partial charge in [-0.05, 0) is 66.1 Å². The van der Waals surface area contributed by atoms with Gasteiger partial charge in [0.15, 0.2) is 0 Å². The number of benzene rings is 1. The fourth-order valence-corrected chi connectivity index (χ4v) is 3.73. The van der Waals surface area contributed by atoms with Gasteiger partial charge in [-0.2, -0.15) is 0 Å². The molecule has 0 aliphatic carbocycles. The molecule has 0 radical (unpaired) electrons. The summed E-state index contributed by atoms with van der Waals surface area (Å²) >= 11 is 2.32. The van der Waals surface area contributed by atoms with E-state index in [0.29, 0.717) is 6.04 Å². The van der Waals surface area contributed by atoms with Gasteiger partial charge in [0, 0.05) is 22.6 Å². The Morgan fingerprint density at radius 1 is 1.29 bits per heavy atom. The average molecular weight is 343 g/mol. The quantitative estimate of drug-likeness (QED) is 0.834. The molecule has 2 aliphatic heterocycles. The minimum Gasteiger partial charge on any atom is -0.388 e. The number of hydrogen-bond acceptors (Lipinski definition) is 2. The van der Waals surface area contributed by atoms with Gasteiger partial charge >= 0.3 is 0 Å². The third-order valence-electron chi connectivity index (χ3n) is 4.24. The van der Waals surface area contributed by atoms with Crippen LogP contribution >= 0.6 is 22.6 Å². The molecule has 1 N–H and O–H groups in total. The molecule has 2 heterocycles. The number of nitrogens with zero attached hydrogens (tertiary/aromatic N) is 1. The summed E-state index contributed by atoms with van der Waals surface area (Å²) in [7, 11) is 0. The van der Waals surface area contributed by atoms with Crippen LogP contribution in [0.5, 0.6) is 0 Å². The Bertz CT molecular complexity index is 405. The second-order valence-electron chi connectivity index (χ2n) is 5.35. The molecular formula is C14H18INO. The minimum atomic E-state index is -0.483. The summed E-state index contributed by atoms with van der Waals surface area (Å²) in [6.45, 7) is 2.26. The Morgan fingerprint density at radius 2 is 2.06 bits per heavy atom. The van der Waals surface area contributed by atoms with Crippen molar-refractivity contribution in [2.45, 2.75) is 37.3 Å². The molecule has 2 saturated heterocycles. The minimum absolute atomic E-state index is 0.404. The van der Waals surface area contributed by atoms with Gasteiger partial charge in [-0.1, -0.05) is 12.1 Å². The van der Waals surface area contributed by atoms with Crippen LogP contribution in [0.4, 0.5) is 0 Å². The Morgan fingerprint density at radius 3 is 2.82 bits per heavy atom. The molecule has 0 amide bonds. The fourth-order valence-electron chi connectivity index (χ4n) is 3.37. The second-order valence-corrected chi connectivity index (χ2v) is 6.60. The lowest BCUT2D eigenvalue weighted by Crippen LogP contribution is -2.42. The first-order valence-corrected chi connectivity index (χ1v) is 7.46. The maximum Gasteiger partial charge on any atom is 0.0854 e. The summed E-state index contributed by atoms with van der Waals surface area (Å²) in [5.41, 5.74) is 0.783. The van der Waals surface area contributed by atoms with Crippen LogP contribution in [0, 0.1) is 3.57 Å². The molecule has 1 aromatic carbocycles. The van der Waals surface area contributed by atoms with Crippen LogP contribution < -0.4 is 0 Å². The van der Waals surface area contributed by atoms with Crippen molar-refractivity contribution in [2.75, 3.05) is 13.1 Å². The Balaban J connectivity index is 1.77. The molecule has 3 heteroatoms. The van der Waals surface area contributed by atoms with Crippen LogP contribution in [0.2, 0.25) is 0 Å². The monoisotopic (exact) mass is 343 g/mol. The van der Waals surface area contributed by atoms with Crippen molar-refractivity contribution in [1.29, 1.82) is 0 Å². The highest BCUT2D eigenvalue weighted by atomic mass is 127. The summed E-state index contributed by atoms with van der Waals surface area (Å²) in [6, 6.07) is 8.96. The number of fused-ring (bicyclic) bond motifs is 1. The molecule has 2 fully saturated rings. The molecule has 1 aromatic rings. The molecule has 2 unspecified atom stereocenters. The average Bonchev–Trinajstić information content (AvgIpc) is 2.88. The van der Waals surface area contributed by atoms with E-state index in [-0.39, 0.29) is 0 Å². The van der Waals surface area contributed by atoms with Crippen LogP contribution in [0.25, 0.3) is 0 Å². The van der Waals surface area contributed by atoms with E-state index in [1.807, 2.05) is 0 Å². The third kappa shape index (κ3) is 2.25. The van der Waals surface area contributed by atoms with Crippen LogP contribution in [0.1, 0.15) is 24.8 Å². The highest BCUT2D eigenvalue weighted by Gasteiger charge is 2.47. The van der Waals surface area contributed by atoms with Crippen molar-refractivity contribution >= 4 is 22.6 Å². The highest BCUT2D eigenvalue weighted by molar-refractivity contribution is 14.1. The number of halogens is 1. The van der Waals surface area contributed by atoms with E-state index in [2.05, 4.69) is 51.8 Å². The SMILES string of the molecule is OC1(Cc2ccc(I)cc2)CCN2CCCC21. The number of hydrogen-bond donors (Lipinski definition) is 1. The number of aliphatic hydroxyl groups is 1. The molecular weight excluding hydrogens is 325 g/mol. The summed E-state index contributed by atoms with van der Waals surface area (Å²) in [6.07, 6.45) is 4.16. The Kier molecular flexibility index (Phi) is 3.17. The van der Waals surface area contributed by atoms with Gasteiger partial charge in [-0.15, -0.1) is 0 Å². The van der Waals surface area contributed by atoms with E-state index in [1.165, 1.54) is 28.5 Å². The maximum atomic E-state index is 10.8. The normalized spacial score (nSPS) is 32.9. The predicted molar refractivity (Wildman–Crippen MR) is 77.0 cm³/mol. The lowest BCUT2D eigenvalue weighted by molar-refractivity contribution is 0.0141. The van der Waals surface area contributed by atoms with Crippen LogP contribution in [-0.2, 0) is 6.42 Å². The molecule has 0 aromatic heterocycles. The summed E-state index contributed by atoms with van der Waals surface area (Å²) in [4.78, 5) is 2.46. The molecule has 3 rings (SSSR count). The molecule has 2 nitrogen and oxygen atoms in total. The molecule has 2 aliphatic rings. The molecule has 0 spiro atoms. The smallest absolute Gasteiger partial charge is 0.0854 e. The van der Waals surface area contributed by atoms with Crippen molar-refractivity contribution in [3.63, 3.8) is 0 Å². The number of rotatable bonds is 2. The van der Waals surface area contributed by atoms with E-state index < -0.39 is 5.60 Å². The van der Waals surface area contributed by atoms with Gasteiger partial charge in [0.2, 0.25) is 0 Å². The van der Waals surface area contributed by atoms with E-state index in [4.69, 9.17) is 0 Å². The van der Waals surface area contributed by atoms with Gasteiger partial charge in [-0.3, -0.25) is 4.90 Å². The van der Waals surface area contributed by atoms with Gasteiger partial charge in [0.25, 0.3) is 0 Å². The van der Waals surface area contributed by atoms with Crippen molar-refractivity contribution in [3.05, 3.63) is 33.4 Å². The third-order valence-corrected chi connectivity index (χ3v) is 4.96. The lowest BCUT2D eigenvalue weighted by atomic mass is 9.86. The zero-order valence-electron chi connectivity index (χ0n) is 9.90. The van der Waals surface area contributed by atoms with E-state index >= 15 is 0 Å². The van der Waals surface area contributed by atoms with Crippen molar-refractivity contribution in [3.8, 4) is 0 Å². The molecule has 2 atom stereocenters. The van der Waals surface area contributed by atoms with Crippen molar-refractivity contribution < 1.29 is 5.11 Å². The van der Waals surface area contributed by atoms with Gasteiger partial charge in [0.05, 0.1) is 5.60 Å². The van der Waals surface area contributed by atoms with Crippen molar-refractivity contribution in [2.24, 2.45) is 0 Å². The van der Waals surface area contributed by atoms with Crippen LogP contribution in [-0.4, -0.2) is 34.7 Å². The van der Waals surface area contributed by atoms with Gasteiger partial charge < -0.3 is 5.11 Å². The largest absolute Gasteiger partial charge is 0.388 e. The molecule has 0 saturated carbocycles. The summed E-state index contributed by atoms with van der Waals surface area (Å²) in [5, 5.41) is 10.8. The lowest BCUT2D eigenvalue weighted by Gasteiger charge is -2.30. The highest BCUT2D eigenvalue weighted by Crippen LogP contribution is 2.38. The van der Waals surface area contributed by atoms with Crippen LogP contribution in [0.15, 0.2) is 24.3 Å². The first-order valence-electron chi connectivity index (χ1n) is 6.38. The van der Waals surface area contributed by atoms with E-state index in [9.17, 15) is 5.11 Å². The topological polar surface area (TPSA) is 23.5 Å². The Hall–Kier alpha value is -0.130. The summed E-state index contributed by atoms with van der Waals surface area (Å²) in [5.74, 6) is 0. The summed E-state index contributed by atoms with van der Waals surface area (Å²) < 4.78 is 1.26. The van der Waals surface area contributed by atoms with E-state index in [0.717, 1.165) is 19.4 Å². The second kappa shape index (κ2) is 4.52. The van der Waals surface area contributed by atoms with Crippen LogP contribution in [0.3, 0.4) is 0 Å². The zero-order valence-corrected chi connectivity index (χ0v) is 12.1. The molecule has 92 valence electrons. The zero-order chi connectivity index (χ0) is 11.9. The molecule has 0 bridgehead atoms. The fraction of sp³-hybridized carbons (Fsp3) is 0.571. The van der Waals surface area contributed by atoms with E-state index in [1.54, 1.807) is 0 Å². The standard InChI is InChI=1S/C14H18INO/c15-12-5-3-11(4-6-12)10-14(17)7-9-16-8-1-2-13(14)16/h3-6,13,17H,1-2,7-10H2. The predicted octanol–water partition coefficient (Wildman–Crippen LogP) is 2.43. The molecule has 17 heavy (non-hydrogen) atoms. The van der Waals surface area contributed by atoms with Gasteiger partial charge in [0.1, 0.15) is 0 Å². The first kappa shape index (κ1) is 11.9.